The zero-order valence-electron chi connectivity index (χ0n) is 19.1. The van der Waals surface area contributed by atoms with Crippen molar-refractivity contribution in [1.82, 2.24) is 5.32 Å². The standard InChI is InChI=1S/C24H50N2O2/c1-3-5-6-7-8-9-10-11-12-13-14-15-16-17-18-19-21-26-24(27)28-22-20-23(25)4-2/h23H,3-22,25H2,1-2H3,(H,26,27). The van der Waals surface area contributed by atoms with Crippen molar-refractivity contribution in [2.24, 2.45) is 5.73 Å². The van der Waals surface area contributed by atoms with Crippen molar-refractivity contribution < 1.29 is 9.53 Å². The van der Waals surface area contributed by atoms with E-state index >= 15 is 0 Å². The molecule has 0 bridgehead atoms. The molecule has 0 fully saturated rings. The molecule has 0 aliphatic heterocycles. The SMILES string of the molecule is CCCCCCCCCCCCCCCCCCNC(=O)OCCC(N)CC. The van der Waals surface area contributed by atoms with Crippen molar-refractivity contribution >= 4 is 6.09 Å². The lowest BCUT2D eigenvalue weighted by Gasteiger charge is -2.10. The summed E-state index contributed by atoms with van der Waals surface area (Å²) in [5.74, 6) is 0. The first-order valence-electron chi connectivity index (χ1n) is 12.4. The van der Waals surface area contributed by atoms with Crippen LogP contribution in [0.15, 0.2) is 0 Å². The van der Waals surface area contributed by atoms with E-state index < -0.39 is 0 Å². The number of nitrogens with two attached hydrogens (primary N) is 1. The number of carbonyl (C=O) groups is 1. The fraction of sp³-hybridized carbons (Fsp3) is 0.958. The van der Waals surface area contributed by atoms with Gasteiger partial charge < -0.3 is 15.8 Å². The predicted octanol–water partition coefficient (Wildman–Crippen LogP) is 7.10. The number of ether oxygens (including phenoxy) is 1. The number of carbonyl (C=O) groups excluding carboxylic acids is 1. The lowest BCUT2D eigenvalue weighted by atomic mass is 10.0. The molecule has 0 spiro atoms. The van der Waals surface area contributed by atoms with Crippen molar-refractivity contribution in [2.45, 2.75) is 135 Å². The number of nitrogens with one attached hydrogen (secondary N) is 1. The van der Waals surface area contributed by atoms with Gasteiger partial charge in [0.15, 0.2) is 0 Å². The fourth-order valence-corrected chi connectivity index (χ4v) is 3.42. The van der Waals surface area contributed by atoms with Crippen molar-refractivity contribution in [3.05, 3.63) is 0 Å². The van der Waals surface area contributed by atoms with Gasteiger partial charge in [-0.05, 0) is 19.3 Å². The van der Waals surface area contributed by atoms with Crippen LogP contribution in [0.3, 0.4) is 0 Å². The second-order valence-corrected chi connectivity index (χ2v) is 8.32. The number of hydrogen-bond donors (Lipinski definition) is 2. The molecule has 0 aliphatic carbocycles. The van der Waals surface area contributed by atoms with Crippen LogP contribution in [0.1, 0.15) is 129 Å². The molecule has 0 aromatic heterocycles. The molecule has 0 aromatic rings. The largest absolute Gasteiger partial charge is 0.450 e. The normalized spacial score (nSPS) is 12.1. The van der Waals surface area contributed by atoms with Crippen LogP contribution in [0.5, 0.6) is 0 Å². The van der Waals surface area contributed by atoms with Gasteiger partial charge in [0.25, 0.3) is 0 Å². The van der Waals surface area contributed by atoms with Crippen LogP contribution in [0.2, 0.25) is 0 Å². The molecular formula is C24H50N2O2. The van der Waals surface area contributed by atoms with Crippen LogP contribution in [-0.4, -0.2) is 25.3 Å². The maximum Gasteiger partial charge on any atom is 0.407 e. The summed E-state index contributed by atoms with van der Waals surface area (Å²) in [5.41, 5.74) is 5.79. The van der Waals surface area contributed by atoms with Crippen molar-refractivity contribution in [3.8, 4) is 0 Å². The van der Waals surface area contributed by atoms with Gasteiger partial charge in [-0.15, -0.1) is 0 Å². The molecule has 1 atom stereocenters. The third-order valence-electron chi connectivity index (χ3n) is 5.55. The molecule has 3 N–H and O–H groups in total. The lowest BCUT2D eigenvalue weighted by molar-refractivity contribution is 0.142. The highest BCUT2D eigenvalue weighted by molar-refractivity contribution is 5.66. The van der Waals surface area contributed by atoms with E-state index in [1.807, 2.05) is 6.92 Å². The summed E-state index contributed by atoms with van der Waals surface area (Å²) in [6.07, 6.45) is 23.2. The molecule has 4 nitrogen and oxygen atoms in total. The quantitative estimate of drug-likeness (QED) is 0.203. The highest BCUT2D eigenvalue weighted by atomic mass is 16.5. The smallest absolute Gasteiger partial charge is 0.407 e. The van der Waals surface area contributed by atoms with Gasteiger partial charge in [0.1, 0.15) is 0 Å². The van der Waals surface area contributed by atoms with Gasteiger partial charge in [-0.3, -0.25) is 0 Å². The second kappa shape index (κ2) is 22.5. The molecule has 0 aromatic carbocycles. The second-order valence-electron chi connectivity index (χ2n) is 8.32. The predicted molar refractivity (Wildman–Crippen MR) is 122 cm³/mol. The number of rotatable bonds is 21. The van der Waals surface area contributed by atoms with Crippen LogP contribution in [-0.2, 0) is 4.74 Å². The van der Waals surface area contributed by atoms with Crippen molar-refractivity contribution in [1.29, 1.82) is 0 Å². The number of amides is 1. The van der Waals surface area contributed by atoms with Gasteiger partial charge >= 0.3 is 6.09 Å². The zero-order chi connectivity index (χ0) is 20.7. The van der Waals surface area contributed by atoms with Crippen LogP contribution in [0.25, 0.3) is 0 Å². The van der Waals surface area contributed by atoms with Crippen LogP contribution in [0, 0.1) is 0 Å². The van der Waals surface area contributed by atoms with E-state index in [9.17, 15) is 4.79 Å². The average molecular weight is 399 g/mol. The van der Waals surface area contributed by atoms with E-state index in [1.165, 1.54) is 96.3 Å². The first-order chi connectivity index (χ1) is 13.7. The van der Waals surface area contributed by atoms with Crippen LogP contribution < -0.4 is 11.1 Å². The third-order valence-corrected chi connectivity index (χ3v) is 5.55. The minimum atomic E-state index is -0.302. The molecular weight excluding hydrogens is 348 g/mol. The number of unbranched alkanes of at least 4 members (excludes halogenated alkanes) is 15. The summed E-state index contributed by atoms with van der Waals surface area (Å²) in [7, 11) is 0. The Kier molecular flexibility index (Phi) is 21.9. The highest BCUT2D eigenvalue weighted by Crippen LogP contribution is 2.13. The van der Waals surface area contributed by atoms with Gasteiger partial charge in [0, 0.05) is 12.6 Å². The first-order valence-corrected chi connectivity index (χ1v) is 12.4. The van der Waals surface area contributed by atoms with E-state index in [2.05, 4.69) is 12.2 Å². The molecule has 168 valence electrons. The summed E-state index contributed by atoms with van der Waals surface area (Å²) in [6, 6.07) is 0.133. The van der Waals surface area contributed by atoms with Gasteiger partial charge in [0.05, 0.1) is 6.61 Å². The Balaban J connectivity index is 3.12. The molecule has 0 heterocycles. The lowest BCUT2D eigenvalue weighted by Crippen LogP contribution is -2.28. The van der Waals surface area contributed by atoms with Crippen LogP contribution >= 0.6 is 0 Å². The van der Waals surface area contributed by atoms with E-state index in [0.29, 0.717) is 6.61 Å². The molecule has 4 heteroatoms. The molecule has 1 amide bonds. The third kappa shape index (κ3) is 21.5. The van der Waals surface area contributed by atoms with E-state index in [-0.39, 0.29) is 12.1 Å². The highest BCUT2D eigenvalue weighted by Gasteiger charge is 2.03. The number of alkyl carbamates (subject to hydrolysis) is 1. The molecule has 1 unspecified atom stereocenters. The van der Waals surface area contributed by atoms with Gasteiger partial charge in [-0.2, -0.15) is 0 Å². The molecule has 0 rings (SSSR count). The number of hydrogen-bond acceptors (Lipinski definition) is 3. The zero-order valence-corrected chi connectivity index (χ0v) is 19.1. The Hall–Kier alpha value is -0.770. The maximum absolute atomic E-state index is 11.5. The van der Waals surface area contributed by atoms with Crippen molar-refractivity contribution in [2.75, 3.05) is 13.2 Å². The maximum atomic E-state index is 11.5. The summed E-state index contributed by atoms with van der Waals surface area (Å²) in [6.45, 7) is 5.46. The summed E-state index contributed by atoms with van der Waals surface area (Å²) in [4.78, 5) is 11.5. The monoisotopic (exact) mass is 398 g/mol. The Morgan fingerprint density at radius 1 is 0.750 bits per heavy atom. The summed E-state index contributed by atoms with van der Waals surface area (Å²) >= 11 is 0. The Labute approximate surface area is 175 Å². The van der Waals surface area contributed by atoms with Crippen molar-refractivity contribution in [3.63, 3.8) is 0 Å². The van der Waals surface area contributed by atoms with Gasteiger partial charge in [-0.25, -0.2) is 4.79 Å². The first kappa shape index (κ1) is 27.2. The topological polar surface area (TPSA) is 64.3 Å². The molecule has 0 radical (unpaired) electrons. The molecule has 0 saturated carbocycles. The summed E-state index contributed by atoms with van der Waals surface area (Å²) < 4.78 is 5.11. The van der Waals surface area contributed by atoms with Gasteiger partial charge in [-0.1, -0.05) is 110 Å². The Morgan fingerprint density at radius 2 is 1.18 bits per heavy atom. The van der Waals surface area contributed by atoms with Crippen LogP contribution in [0.4, 0.5) is 4.79 Å². The van der Waals surface area contributed by atoms with E-state index in [1.54, 1.807) is 0 Å². The minimum absolute atomic E-state index is 0.133. The average Bonchev–Trinajstić information content (AvgIpc) is 2.70. The van der Waals surface area contributed by atoms with E-state index in [4.69, 9.17) is 10.5 Å². The fourth-order valence-electron chi connectivity index (χ4n) is 3.42. The van der Waals surface area contributed by atoms with E-state index in [0.717, 1.165) is 25.8 Å². The molecule has 28 heavy (non-hydrogen) atoms. The van der Waals surface area contributed by atoms with Gasteiger partial charge in [0.2, 0.25) is 0 Å². The molecule has 0 aliphatic rings. The Bertz CT molecular complexity index is 324. The summed E-state index contributed by atoms with van der Waals surface area (Å²) in [5, 5.41) is 2.82. The minimum Gasteiger partial charge on any atom is -0.450 e. The Morgan fingerprint density at radius 3 is 1.61 bits per heavy atom. The molecule has 0 saturated heterocycles.